The van der Waals surface area contributed by atoms with Gasteiger partial charge < -0.3 is 9.88 Å². The van der Waals surface area contributed by atoms with Crippen molar-refractivity contribution in [2.75, 3.05) is 19.6 Å². The molecule has 2 aliphatic heterocycles. The molecule has 0 radical (unpaired) electrons. The molecule has 164 valence electrons. The minimum atomic E-state index is -0.175. The lowest BCUT2D eigenvalue weighted by Crippen LogP contribution is -2.40. The Kier molecular flexibility index (Phi) is 5.85. The first-order chi connectivity index (χ1) is 15.2. The topological polar surface area (TPSA) is 82.2 Å². The molecule has 2 aromatic heterocycles. The van der Waals surface area contributed by atoms with Gasteiger partial charge in [0.1, 0.15) is 5.82 Å². The standard InChI is InChI=1S/C24H31N5O2/c30-23-19-16-28(15-17-6-2-1-3-7-17)13-10-20(19)26-22(27-23)21-9-5-12-29(21)24(31)18-8-4-11-25-14-18/h4,8,11,14,17,21H,1-3,5-7,9-10,12-13,15-16H2,(H,26,27,30)/t21-/m0/s1. The number of likely N-dealkylation sites (tertiary alicyclic amines) is 1. The lowest BCUT2D eigenvalue weighted by Gasteiger charge is -2.33. The summed E-state index contributed by atoms with van der Waals surface area (Å²) >= 11 is 0. The molecule has 5 rings (SSSR count). The number of aromatic nitrogens is 3. The number of amides is 1. The van der Waals surface area contributed by atoms with Crippen LogP contribution in [-0.4, -0.2) is 50.3 Å². The summed E-state index contributed by atoms with van der Waals surface area (Å²) in [5.74, 6) is 1.36. The quantitative estimate of drug-likeness (QED) is 0.820. The first-order valence-electron chi connectivity index (χ1n) is 11.7. The number of nitrogens with one attached hydrogen (secondary N) is 1. The predicted octanol–water partition coefficient (Wildman–Crippen LogP) is 3.08. The normalized spacial score (nSPS) is 22.5. The summed E-state index contributed by atoms with van der Waals surface area (Å²) in [4.78, 5) is 42.2. The van der Waals surface area contributed by atoms with E-state index in [1.54, 1.807) is 24.5 Å². The number of aromatic amines is 1. The van der Waals surface area contributed by atoms with Gasteiger partial charge in [0.25, 0.3) is 11.5 Å². The molecular weight excluding hydrogens is 390 g/mol. The highest BCUT2D eigenvalue weighted by atomic mass is 16.2. The Balaban J connectivity index is 1.33. The van der Waals surface area contributed by atoms with Gasteiger partial charge in [-0.1, -0.05) is 19.3 Å². The molecule has 1 aliphatic carbocycles. The summed E-state index contributed by atoms with van der Waals surface area (Å²) in [6, 6.07) is 3.39. The highest BCUT2D eigenvalue weighted by Gasteiger charge is 2.34. The minimum Gasteiger partial charge on any atom is -0.328 e. The Hall–Kier alpha value is -2.54. The van der Waals surface area contributed by atoms with E-state index in [1.807, 2.05) is 4.90 Å². The fraction of sp³-hybridized carbons (Fsp3) is 0.583. The number of H-pyrrole nitrogens is 1. The average molecular weight is 422 g/mol. The van der Waals surface area contributed by atoms with Crippen molar-refractivity contribution in [2.45, 2.75) is 64.0 Å². The lowest BCUT2D eigenvalue weighted by molar-refractivity contribution is 0.0728. The lowest BCUT2D eigenvalue weighted by atomic mass is 9.88. The number of carbonyl (C=O) groups is 1. The molecule has 3 aliphatic rings. The average Bonchev–Trinajstić information content (AvgIpc) is 3.30. The maximum atomic E-state index is 13.0. The SMILES string of the molecule is O=C(c1cccnc1)N1CCC[C@H]1c1nc2c(c(=O)[nH]1)CN(CC1CCCCC1)CC2. The first-order valence-corrected chi connectivity index (χ1v) is 11.7. The molecule has 1 N–H and O–H groups in total. The van der Waals surface area contributed by atoms with E-state index in [4.69, 9.17) is 4.98 Å². The first kappa shape index (κ1) is 20.4. The summed E-state index contributed by atoms with van der Waals surface area (Å²) in [6.45, 7) is 3.42. The van der Waals surface area contributed by atoms with Crippen LogP contribution in [0.15, 0.2) is 29.3 Å². The maximum Gasteiger partial charge on any atom is 0.256 e. The third kappa shape index (κ3) is 4.28. The van der Waals surface area contributed by atoms with E-state index in [0.717, 1.165) is 49.5 Å². The number of nitrogens with zero attached hydrogens (tertiary/aromatic N) is 4. The largest absolute Gasteiger partial charge is 0.328 e. The summed E-state index contributed by atoms with van der Waals surface area (Å²) in [5, 5.41) is 0. The van der Waals surface area contributed by atoms with Gasteiger partial charge in [0, 0.05) is 45.0 Å². The number of pyridine rings is 1. The van der Waals surface area contributed by atoms with Crippen LogP contribution in [0.25, 0.3) is 0 Å². The van der Waals surface area contributed by atoms with Gasteiger partial charge in [-0.25, -0.2) is 4.98 Å². The van der Waals surface area contributed by atoms with Gasteiger partial charge in [0.05, 0.1) is 22.9 Å². The van der Waals surface area contributed by atoms with Crippen molar-refractivity contribution in [2.24, 2.45) is 5.92 Å². The van der Waals surface area contributed by atoms with Crippen LogP contribution < -0.4 is 5.56 Å². The van der Waals surface area contributed by atoms with Crippen LogP contribution in [0.1, 0.15) is 78.4 Å². The van der Waals surface area contributed by atoms with Gasteiger partial charge in [-0.15, -0.1) is 0 Å². The van der Waals surface area contributed by atoms with Crippen molar-refractivity contribution in [3.63, 3.8) is 0 Å². The molecule has 0 aromatic carbocycles. The van der Waals surface area contributed by atoms with Crippen LogP contribution in [-0.2, 0) is 13.0 Å². The highest BCUT2D eigenvalue weighted by molar-refractivity contribution is 5.94. The smallest absolute Gasteiger partial charge is 0.256 e. The molecule has 1 saturated carbocycles. The van der Waals surface area contributed by atoms with Crippen LogP contribution in [0, 0.1) is 5.92 Å². The van der Waals surface area contributed by atoms with E-state index < -0.39 is 0 Å². The number of fused-ring (bicyclic) bond motifs is 1. The van der Waals surface area contributed by atoms with Gasteiger partial charge in [-0.2, -0.15) is 0 Å². The number of carbonyl (C=O) groups excluding carboxylic acids is 1. The molecule has 0 bridgehead atoms. The minimum absolute atomic E-state index is 0.0333. The van der Waals surface area contributed by atoms with Crippen molar-refractivity contribution in [3.05, 3.63) is 57.5 Å². The van der Waals surface area contributed by atoms with Crippen LogP contribution in [0.5, 0.6) is 0 Å². The molecular formula is C24H31N5O2. The zero-order valence-electron chi connectivity index (χ0n) is 18.1. The number of hydrogen-bond donors (Lipinski definition) is 1. The Bertz CT molecular complexity index is 983. The molecule has 0 unspecified atom stereocenters. The zero-order valence-corrected chi connectivity index (χ0v) is 18.1. The molecule has 0 spiro atoms. The molecule has 31 heavy (non-hydrogen) atoms. The molecule has 7 nitrogen and oxygen atoms in total. The third-order valence-electron chi connectivity index (χ3n) is 7.14. The molecule has 1 atom stereocenters. The van der Waals surface area contributed by atoms with Crippen molar-refractivity contribution < 1.29 is 4.79 Å². The predicted molar refractivity (Wildman–Crippen MR) is 118 cm³/mol. The van der Waals surface area contributed by atoms with E-state index >= 15 is 0 Å². The zero-order chi connectivity index (χ0) is 21.2. The number of hydrogen-bond acceptors (Lipinski definition) is 5. The Labute approximate surface area is 182 Å². The van der Waals surface area contributed by atoms with Crippen molar-refractivity contribution in [1.29, 1.82) is 0 Å². The van der Waals surface area contributed by atoms with E-state index in [0.29, 0.717) is 24.5 Å². The summed E-state index contributed by atoms with van der Waals surface area (Å²) in [7, 11) is 0. The molecule has 2 fully saturated rings. The monoisotopic (exact) mass is 421 g/mol. The number of rotatable bonds is 4. The maximum absolute atomic E-state index is 13.0. The Morgan fingerprint density at radius 2 is 2.00 bits per heavy atom. The van der Waals surface area contributed by atoms with Crippen LogP contribution in [0.4, 0.5) is 0 Å². The van der Waals surface area contributed by atoms with Gasteiger partial charge in [0.15, 0.2) is 0 Å². The molecule has 4 heterocycles. The van der Waals surface area contributed by atoms with Crippen LogP contribution in [0.3, 0.4) is 0 Å². The third-order valence-corrected chi connectivity index (χ3v) is 7.14. The Morgan fingerprint density at radius 1 is 1.13 bits per heavy atom. The van der Waals surface area contributed by atoms with Crippen molar-refractivity contribution in [1.82, 2.24) is 24.8 Å². The molecule has 1 amide bonds. The second kappa shape index (κ2) is 8.91. The summed E-state index contributed by atoms with van der Waals surface area (Å²) < 4.78 is 0. The molecule has 7 heteroatoms. The Morgan fingerprint density at radius 3 is 2.81 bits per heavy atom. The van der Waals surface area contributed by atoms with E-state index in [9.17, 15) is 9.59 Å². The van der Waals surface area contributed by atoms with Crippen molar-refractivity contribution in [3.8, 4) is 0 Å². The van der Waals surface area contributed by atoms with E-state index in [1.165, 1.54) is 32.1 Å². The summed E-state index contributed by atoms with van der Waals surface area (Å²) in [6.07, 6.45) is 12.5. The van der Waals surface area contributed by atoms with E-state index in [-0.39, 0.29) is 17.5 Å². The fourth-order valence-corrected chi connectivity index (χ4v) is 5.50. The van der Waals surface area contributed by atoms with Gasteiger partial charge in [-0.3, -0.25) is 19.5 Å². The molecule has 2 aromatic rings. The summed E-state index contributed by atoms with van der Waals surface area (Å²) in [5.41, 5.74) is 2.27. The van der Waals surface area contributed by atoms with Gasteiger partial charge in [0.2, 0.25) is 0 Å². The fourth-order valence-electron chi connectivity index (χ4n) is 5.50. The molecule has 1 saturated heterocycles. The second-order valence-corrected chi connectivity index (χ2v) is 9.26. The highest BCUT2D eigenvalue weighted by Crippen LogP contribution is 2.32. The second-order valence-electron chi connectivity index (χ2n) is 9.26. The van der Waals surface area contributed by atoms with Gasteiger partial charge in [-0.05, 0) is 43.7 Å². The van der Waals surface area contributed by atoms with Crippen LogP contribution in [0.2, 0.25) is 0 Å². The van der Waals surface area contributed by atoms with E-state index in [2.05, 4.69) is 14.9 Å². The van der Waals surface area contributed by atoms with Crippen LogP contribution >= 0.6 is 0 Å². The van der Waals surface area contributed by atoms with Crippen molar-refractivity contribution >= 4 is 5.91 Å². The van der Waals surface area contributed by atoms with Gasteiger partial charge >= 0.3 is 0 Å².